The minimum Gasteiger partial charge on any atom is -0.391 e. The standard InChI is InChI=1S/C18H19N5OS/c1-12-4-5-16(25-12)17-14(15-10-19-6-7-20-15)9-21-18(22-17)23-8-2-3-13(24)11-23/h4-7,9-10,13,24H,2-3,8,11H2,1H3/t13-/m0/s1. The van der Waals surface area contributed by atoms with Gasteiger partial charge in [0.15, 0.2) is 0 Å². The highest BCUT2D eigenvalue weighted by atomic mass is 32.1. The lowest BCUT2D eigenvalue weighted by atomic mass is 10.1. The van der Waals surface area contributed by atoms with Crippen LogP contribution in [-0.4, -0.2) is 44.2 Å². The van der Waals surface area contributed by atoms with E-state index in [0.717, 1.165) is 41.2 Å². The maximum absolute atomic E-state index is 9.95. The number of rotatable bonds is 3. The maximum atomic E-state index is 9.95. The number of hydrogen-bond donors (Lipinski definition) is 1. The molecule has 128 valence electrons. The fourth-order valence-corrected chi connectivity index (χ4v) is 3.91. The molecule has 3 aromatic rings. The average molecular weight is 353 g/mol. The second-order valence-corrected chi connectivity index (χ2v) is 7.46. The Morgan fingerprint density at radius 3 is 2.84 bits per heavy atom. The van der Waals surface area contributed by atoms with E-state index < -0.39 is 0 Å². The van der Waals surface area contributed by atoms with Gasteiger partial charge >= 0.3 is 0 Å². The summed E-state index contributed by atoms with van der Waals surface area (Å²) in [6.45, 7) is 3.52. The number of hydrogen-bond acceptors (Lipinski definition) is 7. The molecule has 1 saturated heterocycles. The van der Waals surface area contributed by atoms with Gasteiger partial charge in [-0.05, 0) is 31.9 Å². The van der Waals surface area contributed by atoms with Crippen LogP contribution in [0.3, 0.4) is 0 Å². The first-order valence-electron chi connectivity index (χ1n) is 8.34. The van der Waals surface area contributed by atoms with Crippen LogP contribution in [0.1, 0.15) is 17.7 Å². The third-order valence-electron chi connectivity index (χ3n) is 4.27. The maximum Gasteiger partial charge on any atom is 0.226 e. The number of anilines is 1. The van der Waals surface area contributed by atoms with Crippen molar-refractivity contribution < 1.29 is 5.11 Å². The minimum atomic E-state index is -0.315. The fraction of sp³-hybridized carbons (Fsp3) is 0.333. The number of piperidine rings is 1. The average Bonchev–Trinajstić information content (AvgIpc) is 3.08. The van der Waals surface area contributed by atoms with Crippen molar-refractivity contribution in [3.63, 3.8) is 0 Å². The molecular formula is C18H19N5OS. The van der Waals surface area contributed by atoms with Crippen molar-refractivity contribution in [2.45, 2.75) is 25.9 Å². The van der Waals surface area contributed by atoms with Gasteiger partial charge in [-0.2, -0.15) is 0 Å². The molecule has 4 heterocycles. The Kier molecular flexibility index (Phi) is 4.42. The number of aliphatic hydroxyl groups excluding tert-OH is 1. The summed E-state index contributed by atoms with van der Waals surface area (Å²) in [7, 11) is 0. The molecule has 1 aliphatic rings. The second-order valence-electron chi connectivity index (χ2n) is 6.18. The summed E-state index contributed by atoms with van der Waals surface area (Å²) in [5, 5.41) is 9.95. The summed E-state index contributed by atoms with van der Waals surface area (Å²) in [6, 6.07) is 4.17. The Hall–Kier alpha value is -2.38. The highest BCUT2D eigenvalue weighted by Gasteiger charge is 2.22. The Balaban J connectivity index is 1.80. The largest absolute Gasteiger partial charge is 0.391 e. The van der Waals surface area contributed by atoms with Crippen LogP contribution < -0.4 is 4.90 Å². The van der Waals surface area contributed by atoms with Crippen LogP contribution in [-0.2, 0) is 0 Å². The van der Waals surface area contributed by atoms with Gasteiger partial charge in [-0.3, -0.25) is 9.97 Å². The van der Waals surface area contributed by atoms with Crippen molar-refractivity contribution in [3.8, 4) is 21.8 Å². The third kappa shape index (κ3) is 3.38. The number of aromatic nitrogens is 4. The second kappa shape index (κ2) is 6.85. The van der Waals surface area contributed by atoms with Gasteiger partial charge in [0, 0.05) is 42.1 Å². The van der Waals surface area contributed by atoms with E-state index >= 15 is 0 Å². The van der Waals surface area contributed by atoms with E-state index in [1.165, 1.54) is 4.88 Å². The molecule has 1 aliphatic heterocycles. The number of aliphatic hydroxyl groups is 1. The Labute approximate surface area is 150 Å². The van der Waals surface area contributed by atoms with Crippen LogP contribution in [0.15, 0.2) is 36.9 Å². The predicted octanol–water partition coefficient (Wildman–Crippen LogP) is 2.93. The van der Waals surface area contributed by atoms with Crippen molar-refractivity contribution in [2.75, 3.05) is 18.0 Å². The molecule has 1 N–H and O–H groups in total. The summed E-state index contributed by atoms with van der Waals surface area (Å²) in [4.78, 5) is 22.3. The zero-order valence-electron chi connectivity index (χ0n) is 14.0. The normalized spacial score (nSPS) is 17.7. The Morgan fingerprint density at radius 2 is 2.12 bits per heavy atom. The minimum absolute atomic E-state index is 0.315. The summed E-state index contributed by atoms with van der Waals surface area (Å²) in [6.07, 6.45) is 8.35. The zero-order chi connectivity index (χ0) is 17.2. The summed E-state index contributed by atoms with van der Waals surface area (Å²) in [5.41, 5.74) is 2.49. The highest BCUT2D eigenvalue weighted by Crippen LogP contribution is 2.34. The van der Waals surface area contributed by atoms with Gasteiger partial charge in [0.05, 0.1) is 28.6 Å². The molecule has 25 heavy (non-hydrogen) atoms. The first-order valence-corrected chi connectivity index (χ1v) is 9.15. The quantitative estimate of drug-likeness (QED) is 0.780. The zero-order valence-corrected chi connectivity index (χ0v) is 14.8. The van der Waals surface area contributed by atoms with Crippen molar-refractivity contribution in [1.82, 2.24) is 19.9 Å². The molecular weight excluding hydrogens is 334 g/mol. The summed E-state index contributed by atoms with van der Waals surface area (Å²) < 4.78 is 0. The lowest BCUT2D eigenvalue weighted by Gasteiger charge is -2.30. The Morgan fingerprint density at radius 1 is 1.20 bits per heavy atom. The Bertz CT molecular complexity index is 867. The van der Waals surface area contributed by atoms with Gasteiger partial charge < -0.3 is 10.0 Å². The van der Waals surface area contributed by atoms with Gasteiger partial charge in [-0.25, -0.2) is 9.97 Å². The van der Waals surface area contributed by atoms with Crippen LogP contribution in [0.25, 0.3) is 21.8 Å². The molecule has 0 saturated carbocycles. The van der Waals surface area contributed by atoms with Crippen molar-refractivity contribution in [3.05, 3.63) is 41.8 Å². The molecule has 7 heteroatoms. The van der Waals surface area contributed by atoms with Gasteiger partial charge in [-0.15, -0.1) is 11.3 Å². The molecule has 0 radical (unpaired) electrons. The van der Waals surface area contributed by atoms with Gasteiger partial charge in [-0.1, -0.05) is 0 Å². The van der Waals surface area contributed by atoms with Crippen LogP contribution in [0, 0.1) is 6.92 Å². The molecule has 0 aliphatic carbocycles. The van der Waals surface area contributed by atoms with E-state index in [4.69, 9.17) is 4.98 Å². The van der Waals surface area contributed by atoms with Gasteiger partial charge in [0.25, 0.3) is 0 Å². The smallest absolute Gasteiger partial charge is 0.226 e. The van der Waals surface area contributed by atoms with Gasteiger partial charge in [0.1, 0.15) is 0 Å². The molecule has 0 amide bonds. The molecule has 0 spiro atoms. The van der Waals surface area contributed by atoms with E-state index in [9.17, 15) is 5.11 Å². The van der Waals surface area contributed by atoms with Crippen molar-refractivity contribution in [2.24, 2.45) is 0 Å². The molecule has 0 aromatic carbocycles. The lowest BCUT2D eigenvalue weighted by molar-refractivity contribution is 0.153. The van der Waals surface area contributed by atoms with Crippen LogP contribution >= 0.6 is 11.3 Å². The lowest BCUT2D eigenvalue weighted by Crippen LogP contribution is -2.39. The highest BCUT2D eigenvalue weighted by molar-refractivity contribution is 7.15. The topological polar surface area (TPSA) is 75.0 Å². The van der Waals surface area contributed by atoms with Gasteiger partial charge in [0.2, 0.25) is 5.95 Å². The molecule has 4 rings (SSSR count). The predicted molar refractivity (Wildman–Crippen MR) is 98.6 cm³/mol. The van der Waals surface area contributed by atoms with E-state index in [2.05, 4.69) is 38.9 Å². The van der Waals surface area contributed by atoms with Crippen molar-refractivity contribution in [1.29, 1.82) is 0 Å². The molecule has 1 fully saturated rings. The molecule has 1 atom stereocenters. The number of nitrogens with zero attached hydrogens (tertiary/aromatic N) is 5. The van der Waals surface area contributed by atoms with Crippen LogP contribution in [0.4, 0.5) is 5.95 Å². The van der Waals surface area contributed by atoms with Crippen LogP contribution in [0.2, 0.25) is 0 Å². The molecule has 0 bridgehead atoms. The number of aryl methyl sites for hydroxylation is 1. The monoisotopic (exact) mass is 353 g/mol. The molecule has 0 unspecified atom stereocenters. The summed E-state index contributed by atoms with van der Waals surface area (Å²) in [5.74, 6) is 0.660. The van der Waals surface area contributed by atoms with E-state index in [1.807, 2.05) is 6.20 Å². The molecule has 3 aromatic heterocycles. The van der Waals surface area contributed by atoms with Crippen molar-refractivity contribution >= 4 is 17.3 Å². The first kappa shape index (κ1) is 16.1. The number of β-amino-alcohol motifs (C(OH)–C–C–N with tert-alkyl or cyclic N) is 1. The summed E-state index contributed by atoms with van der Waals surface area (Å²) >= 11 is 1.70. The van der Waals surface area contributed by atoms with Crippen LogP contribution in [0.5, 0.6) is 0 Å². The SMILES string of the molecule is Cc1ccc(-c2nc(N3CCC[C@H](O)C3)ncc2-c2cnccn2)s1. The third-order valence-corrected chi connectivity index (χ3v) is 5.28. The van der Waals surface area contributed by atoms with E-state index in [0.29, 0.717) is 12.5 Å². The number of thiophene rings is 1. The van der Waals surface area contributed by atoms with E-state index in [-0.39, 0.29) is 6.10 Å². The first-order chi connectivity index (χ1) is 12.2. The molecule has 6 nitrogen and oxygen atoms in total. The van der Waals surface area contributed by atoms with E-state index in [1.54, 1.807) is 29.9 Å². The fourth-order valence-electron chi connectivity index (χ4n) is 3.04.